The second-order valence-electron chi connectivity index (χ2n) is 7.37. The quantitative estimate of drug-likeness (QED) is 0.540. The summed E-state index contributed by atoms with van der Waals surface area (Å²) in [5.41, 5.74) is 1.93. The number of hydrogen-bond acceptors (Lipinski definition) is 4. The Morgan fingerprint density at radius 2 is 2.12 bits per heavy atom. The number of halogens is 1. The van der Waals surface area contributed by atoms with Gasteiger partial charge in [0.1, 0.15) is 16.9 Å². The average molecular weight is 411 g/mol. The third-order valence-electron chi connectivity index (χ3n) is 4.14. The summed E-state index contributed by atoms with van der Waals surface area (Å²) in [6, 6.07) is 1.11. The fourth-order valence-electron chi connectivity index (χ4n) is 2.52. The number of amides is 1. The first-order valence-corrected chi connectivity index (χ1v) is 12.7. The Bertz CT molecular complexity index is 752. The SMILES string of the molecule is C[Si](C)(C)CCOCn1cc(C(=O)N2CCC2)c2nc(Br)cnc21. The lowest BCUT2D eigenvalue weighted by atomic mass is 10.1. The van der Waals surface area contributed by atoms with Crippen LogP contribution < -0.4 is 0 Å². The van der Waals surface area contributed by atoms with E-state index in [0.29, 0.717) is 28.1 Å². The van der Waals surface area contributed by atoms with Crippen molar-refractivity contribution in [2.24, 2.45) is 0 Å². The molecule has 1 aliphatic heterocycles. The second kappa shape index (κ2) is 6.93. The summed E-state index contributed by atoms with van der Waals surface area (Å²) in [6.07, 6.45) is 4.55. The molecule has 1 aliphatic rings. The second-order valence-corrected chi connectivity index (χ2v) is 13.8. The van der Waals surface area contributed by atoms with Crippen molar-refractivity contribution in [1.82, 2.24) is 19.4 Å². The third kappa shape index (κ3) is 3.87. The summed E-state index contributed by atoms with van der Waals surface area (Å²) in [5.74, 6) is 0.0273. The van der Waals surface area contributed by atoms with Crippen molar-refractivity contribution in [1.29, 1.82) is 0 Å². The third-order valence-corrected chi connectivity index (χ3v) is 6.22. The molecule has 3 rings (SSSR count). The van der Waals surface area contributed by atoms with Crippen molar-refractivity contribution in [2.75, 3.05) is 19.7 Å². The Kier molecular flexibility index (Phi) is 5.07. The van der Waals surface area contributed by atoms with Crippen molar-refractivity contribution < 1.29 is 9.53 Å². The first-order chi connectivity index (χ1) is 11.3. The Morgan fingerprint density at radius 1 is 1.38 bits per heavy atom. The van der Waals surface area contributed by atoms with Crippen LogP contribution in [0, 0.1) is 0 Å². The first kappa shape index (κ1) is 17.6. The van der Waals surface area contributed by atoms with Crippen LogP contribution in [0.5, 0.6) is 0 Å². The molecule has 1 amide bonds. The van der Waals surface area contributed by atoms with Crippen molar-refractivity contribution >= 4 is 41.1 Å². The van der Waals surface area contributed by atoms with E-state index in [0.717, 1.165) is 32.2 Å². The Labute approximate surface area is 151 Å². The number of likely N-dealkylation sites (tertiary alicyclic amines) is 1. The number of nitrogens with zero attached hydrogens (tertiary/aromatic N) is 4. The van der Waals surface area contributed by atoms with Gasteiger partial charge in [0, 0.05) is 34.0 Å². The number of carbonyl (C=O) groups is 1. The molecule has 0 aromatic carbocycles. The van der Waals surface area contributed by atoms with E-state index in [1.807, 2.05) is 15.7 Å². The maximum Gasteiger partial charge on any atom is 0.257 e. The summed E-state index contributed by atoms with van der Waals surface area (Å²) < 4.78 is 8.33. The Morgan fingerprint density at radius 3 is 2.75 bits per heavy atom. The van der Waals surface area contributed by atoms with E-state index in [1.165, 1.54) is 0 Å². The Balaban J connectivity index is 1.81. The van der Waals surface area contributed by atoms with Gasteiger partial charge in [-0.25, -0.2) is 9.97 Å². The first-order valence-electron chi connectivity index (χ1n) is 8.23. The molecule has 1 saturated heterocycles. The molecule has 2 aromatic rings. The molecule has 1 fully saturated rings. The monoisotopic (exact) mass is 410 g/mol. The minimum atomic E-state index is -1.11. The highest BCUT2D eigenvalue weighted by molar-refractivity contribution is 9.10. The van der Waals surface area contributed by atoms with E-state index in [1.54, 1.807) is 6.20 Å². The van der Waals surface area contributed by atoms with Crippen molar-refractivity contribution in [2.45, 2.75) is 38.8 Å². The van der Waals surface area contributed by atoms with Gasteiger partial charge in [-0.3, -0.25) is 4.79 Å². The van der Waals surface area contributed by atoms with Crippen LogP contribution in [-0.4, -0.2) is 53.1 Å². The zero-order valence-electron chi connectivity index (χ0n) is 14.4. The molecule has 24 heavy (non-hydrogen) atoms. The highest BCUT2D eigenvalue weighted by Gasteiger charge is 2.26. The zero-order chi connectivity index (χ0) is 17.3. The highest BCUT2D eigenvalue weighted by atomic mass is 79.9. The fraction of sp³-hybridized carbons (Fsp3) is 0.562. The predicted octanol–water partition coefficient (Wildman–Crippen LogP) is 3.35. The van der Waals surface area contributed by atoms with Crippen LogP contribution in [0.1, 0.15) is 16.8 Å². The number of aromatic nitrogens is 3. The van der Waals surface area contributed by atoms with Gasteiger partial charge in [-0.05, 0) is 28.4 Å². The molecule has 0 spiro atoms. The molecule has 0 radical (unpaired) electrons. The van der Waals surface area contributed by atoms with E-state index in [9.17, 15) is 4.79 Å². The molecule has 0 saturated carbocycles. The van der Waals surface area contributed by atoms with Gasteiger partial charge in [0.2, 0.25) is 0 Å². The molecule has 6 nitrogen and oxygen atoms in total. The van der Waals surface area contributed by atoms with E-state index in [-0.39, 0.29) is 5.91 Å². The maximum atomic E-state index is 12.6. The number of fused-ring (bicyclic) bond motifs is 1. The highest BCUT2D eigenvalue weighted by Crippen LogP contribution is 2.23. The van der Waals surface area contributed by atoms with Gasteiger partial charge in [-0.1, -0.05) is 19.6 Å². The molecule has 0 aliphatic carbocycles. The Hall–Kier alpha value is -1.25. The van der Waals surface area contributed by atoms with Gasteiger partial charge in [0.05, 0.1) is 11.8 Å². The van der Waals surface area contributed by atoms with E-state index >= 15 is 0 Å². The van der Waals surface area contributed by atoms with Crippen LogP contribution in [-0.2, 0) is 11.5 Å². The van der Waals surface area contributed by atoms with Gasteiger partial charge in [0.25, 0.3) is 5.91 Å². The standard InChI is InChI=1S/C16H23BrN4O2Si/c1-24(2,3)8-7-23-11-21-10-12(16(22)20-5-4-6-20)14-15(21)18-9-13(17)19-14/h9-10H,4-8,11H2,1-3H3. The molecule has 0 bridgehead atoms. The molecule has 3 heterocycles. The van der Waals surface area contributed by atoms with Crippen molar-refractivity contribution in [3.05, 3.63) is 22.6 Å². The van der Waals surface area contributed by atoms with Crippen LogP contribution in [0.4, 0.5) is 0 Å². The van der Waals surface area contributed by atoms with E-state index in [2.05, 4.69) is 45.5 Å². The number of ether oxygens (including phenoxy) is 1. The van der Waals surface area contributed by atoms with E-state index in [4.69, 9.17) is 4.74 Å². The van der Waals surface area contributed by atoms with Gasteiger partial charge in [-0.15, -0.1) is 0 Å². The lowest BCUT2D eigenvalue weighted by molar-refractivity contribution is 0.0651. The molecule has 2 aromatic heterocycles. The molecular formula is C16H23BrN4O2Si. The lowest BCUT2D eigenvalue weighted by Crippen LogP contribution is -2.42. The van der Waals surface area contributed by atoms with Crippen LogP contribution >= 0.6 is 15.9 Å². The van der Waals surface area contributed by atoms with Crippen LogP contribution in [0.3, 0.4) is 0 Å². The van der Waals surface area contributed by atoms with Crippen molar-refractivity contribution in [3.8, 4) is 0 Å². The number of rotatable bonds is 6. The normalized spacial score (nSPS) is 14.9. The van der Waals surface area contributed by atoms with Gasteiger partial charge < -0.3 is 14.2 Å². The zero-order valence-corrected chi connectivity index (χ0v) is 17.0. The summed E-state index contributed by atoms with van der Waals surface area (Å²) in [5, 5.41) is 0. The van der Waals surface area contributed by atoms with Gasteiger partial charge in [-0.2, -0.15) is 0 Å². The summed E-state index contributed by atoms with van der Waals surface area (Å²) in [6.45, 7) is 9.75. The number of carbonyl (C=O) groups excluding carboxylic acids is 1. The molecule has 130 valence electrons. The van der Waals surface area contributed by atoms with Gasteiger partial charge in [0.15, 0.2) is 5.65 Å². The summed E-state index contributed by atoms with van der Waals surface area (Å²) in [4.78, 5) is 23.4. The molecular weight excluding hydrogens is 388 g/mol. The summed E-state index contributed by atoms with van der Waals surface area (Å²) in [7, 11) is -1.11. The van der Waals surface area contributed by atoms with Crippen LogP contribution in [0.15, 0.2) is 17.0 Å². The topological polar surface area (TPSA) is 60.2 Å². The molecule has 8 heteroatoms. The maximum absolute atomic E-state index is 12.6. The van der Waals surface area contributed by atoms with Gasteiger partial charge >= 0.3 is 0 Å². The fourth-order valence-corrected chi connectivity index (χ4v) is 3.55. The predicted molar refractivity (Wildman–Crippen MR) is 99.9 cm³/mol. The van der Waals surface area contributed by atoms with Crippen molar-refractivity contribution in [3.63, 3.8) is 0 Å². The summed E-state index contributed by atoms with van der Waals surface area (Å²) >= 11 is 3.34. The molecule has 0 N–H and O–H groups in total. The average Bonchev–Trinajstić information content (AvgIpc) is 2.78. The largest absolute Gasteiger partial charge is 0.361 e. The minimum absolute atomic E-state index is 0.0273. The molecule has 0 unspecified atom stereocenters. The lowest BCUT2D eigenvalue weighted by Gasteiger charge is -2.30. The minimum Gasteiger partial charge on any atom is -0.361 e. The van der Waals surface area contributed by atoms with Crippen LogP contribution in [0.2, 0.25) is 25.7 Å². The number of hydrogen-bond donors (Lipinski definition) is 0. The smallest absolute Gasteiger partial charge is 0.257 e. The molecule has 0 atom stereocenters. The van der Waals surface area contributed by atoms with E-state index < -0.39 is 8.07 Å². The van der Waals surface area contributed by atoms with Crippen LogP contribution in [0.25, 0.3) is 11.2 Å².